The second kappa shape index (κ2) is 3.60. The molecule has 1 aromatic heterocycles. The maximum absolute atomic E-state index is 13.0. The van der Waals surface area contributed by atoms with Gasteiger partial charge in [0.05, 0.1) is 11.9 Å². The largest absolute Gasteiger partial charge is 0.474 e. The summed E-state index contributed by atoms with van der Waals surface area (Å²) >= 11 is 0. The van der Waals surface area contributed by atoms with Crippen LogP contribution >= 0.6 is 0 Å². The van der Waals surface area contributed by atoms with E-state index in [4.69, 9.17) is 10.5 Å². The number of aromatic nitrogens is 1. The summed E-state index contributed by atoms with van der Waals surface area (Å²) in [5.41, 5.74) is 4.63. The lowest BCUT2D eigenvalue weighted by Gasteiger charge is -2.14. The smallest absolute Gasteiger partial charge is 0.213 e. The zero-order valence-electron chi connectivity index (χ0n) is 7.75. The first-order valence-corrected chi connectivity index (χ1v) is 4.01. The molecule has 1 rings (SSSR count). The first-order chi connectivity index (χ1) is 5.97. The Morgan fingerprint density at radius 1 is 1.54 bits per heavy atom. The minimum atomic E-state index is -1.34. The summed E-state index contributed by atoms with van der Waals surface area (Å²) in [6.07, 6.45) is 1.47. The quantitative estimate of drug-likeness (QED) is 0.779. The SMILES string of the molecule is CC(C)(F)COc1ccc(N)cn1. The van der Waals surface area contributed by atoms with E-state index in [1.807, 2.05) is 0 Å². The van der Waals surface area contributed by atoms with Crippen LogP contribution in [0.3, 0.4) is 0 Å². The number of hydrogen-bond acceptors (Lipinski definition) is 3. The molecule has 2 N–H and O–H groups in total. The number of anilines is 1. The van der Waals surface area contributed by atoms with Crippen LogP contribution in [0.5, 0.6) is 5.88 Å². The van der Waals surface area contributed by atoms with Crippen molar-refractivity contribution in [3.63, 3.8) is 0 Å². The summed E-state index contributed by atoms with van der Waals surface area (Å²) in [4.78, 5) is 3.87. The van der Waals surface area contributed by atoms with Crippen LogP contribution in [0.2, 0.25) is 0 Å². The van der Waals surface area contributed by atoms with Crippen molar-refractivity contribution in [1.29, 1.82) is 0 Å². The van der Waals surface area contributed by atoms with Crippen LogP contribution in [0, 0.1) is 0 Å². The van der Waals surface area contributed by atoms with Crippen LogP contribution in [-0.2, 0) is 0 Å². The number of nitrogens with two attached hydrogens (primary N) is 1. The summed E-state index contributed by atoms with van der Waals surface area (Å²) in [7, 11) is 0. The third-order valence-electron chi connectivity index (χ3n) is 1.32. The molecule has 0 aliphatic rings. The minimum Gasteiger partial charge on any atom is -0.474 e. The van der Waals surface area contributed by atoms with Crippen LogP contribution in [0.15, 0.2) is 18.3 Å². The van der Waals surface area contributed by atoms with Gasteiger partial charge in [-0.15, -0.1) is 0 Å². The molecule has 0 saturated carbocycles. The number of ether oxygens (including phenoxy) is 1. The maximum atomic E-state index is 13.0. The molecule has 0 bridgehead atoms. The Morgan fingerprint density at radius 3 is 2.69 bits per heavy atom. The topological polar surface area (TPSA) is 48.1 Å². The van der Waals surface area contributed by atoms with Gasteiger partial charge in [-0.05, 0) is 19.9 Å². The van der Waals surface area contributed by atoms with Gasteiger partial charge in [0.25, 0.3) is 0 Å². The zero-order chi connectivity index (χ0) is 9.90. The van der Waals surface area contributed by atoms with Gasteiger partial charge in [0.2, 0.25) is 5.88 Å². The zero-order valence-corrected chi connectivity index (χ0v) is 7.75. The molecule has 0 spiro atoms. The van der Waals surface area contributed by atoms with Crippen LogP contribution < -0.4 is 10.5 Å². The molecule has 0 aliphatic heterocycles. The van der Waals surface area contributed by atoms with Crippen molar-refractivity contribution >= 4 is 5.69 Å². The average molecular weight is 184 g/mol. The van der Waals surface area contributed by atoms with Gasteiger partial charge in [-0.1, -0.05) is 0 Å². The molecule has 0 saturated heterocycles. The fourth-order valence-corrected chi connectivity index (χ4v) is 0.723. The monoisotopic (exact) mass is 184 g/mol. The number of nitrogens with zero attached hydrogens (tertiary/aromatic N) is 1. The van der Waals surface area contributed by atoms with E-state index in [0.29, 0.717) is 11.6 Å². The summed E-state index contributed by atoms with van der Waals surface area (Å²) in [5.74, 6) is 0.389. The molecule has 13 heavy (non-hydrogen) atoms. The predicted molar refractivity (Wildman–Crippen MR) is 49.3 cm³/mol. The number of rotatable bonds is 3. The molecule has 4 heteroatoms. The minimum absolute atomic E-state index is 0.0100. The molecule has 0 aromatic carbocycles. The first-order valence-electron chi connectivity index (χ1n) is 4.01. The molecule has 0 atom stereocenters. The van der Waals surface area contributed by atoms with Gasteiger partial charge in [0, 0.05) is 6.07 Å². The Morgan fingerprint density at radius 2 is 2.23 bits per heavy atom. The van der Waals surface area contributed by atoms with Crippen molar-refractivity contribution in [2.75, 3.05) is 12.3 Å². The fourth-order valence-electron chi connectivity index (χ4n) is 0.723. The van der Waals surface area contributed by atoms with Gasteiger partial charge in [-0.3, -0.25) is 0 Å². The summed E-state index contributed by atoms with van der Waals surface area (Å²) in [5, 5.41) is 0. The number of hydrogen-bond donors (Lipinski definition) is 1. The highest BCUT2D eigenvalue weighted by atomic mass is 19.1. The van der Waals surface area contributed by atoms with Crippen molar-refractivity contribution in [3.05, 3.63) is 18.3 Å². The lowest BCUT2D eigenvalue weighted by atomic mass is 10.2. The van der Waals surface area contributed by atoms with E-state index in [2.05, 4.69) is 4.98 Å². The number of alkyl halides is 1. The Labute approximate surface area is 76.7 Å². The number of halogens is 1. The molecule has 0 aliphatic carbocycles. The predicted octanol–water partition coefficient (Wildman–Crippen LogP) is 1.79. The summed E-state index contributed by atoms with van der Waals surface area (Å²) in [6.45, 7) is 2.89. The average Bonchev–Trinajstić information content (AvgIpc) is 2.02. The van der Waals surface area contributed by atoms with Gasteiger partial charge in [0.15, 0.2) is 0 Å². The van der Waals surface area contributed by atoms with E-state index in [0.717, 1.165) is 0 Å². The summed E-state index contributed by atoms with van der Waals surface area (Å²) in [6, 6.07) is 3.27. The molecule has 3 nitrogen and oxygen atoms in total. The van der Waals surface area contributed by atoms with Gasteiger partial charge in [0.1, 0.15) is 12.3 Å². The first kappa shape index (κ1) is 9.77. The number of pyridine rings is 1. The highest BCUT2D eigenvalue weighted by molar-refractivity contribution is 5.35. The lowest BCUT2D eigenvalue weighted by Crippen LogP contribution is -2.22. The Hall–Kier alpha value is -1.32. The Balaban J connectivity index is 2.51. The van der Waals surface area contributed by atoms with Gasteiger partial charge < -0.3 is 10.5 Å². The maximum Gasteiger partial charge on any atom is 0.213 e. The third kappa shape index (κ3) is 3.73. The molecular formula is C9H13FN2O. The van der Waals surface area contributed by atoms with Gasteiger partial charge in [-0.25, -0.2) is 9.37 Å². The molecule has 1 heterocycles. The second-order valence-corrected chi connectivity index (χ2v) is 3.44. The van der Waals surface area contributed by atoms with Crippen molar-refractivity contribution in [2.24, 2.45) is 0 Å². The second-order valence-electron chi connectivity index (χ2n) is 3.44. The highest BCUT2D eigenvalue weighted by Crippen LogP contribution is 2.13. The normalized spacial score (nSPS) is 11.3. The summed E-state index contributed by atoms with van der Waals surface area (Å²) < 4.78 is 18.1. The van der Waals surface area contributed by atoms with Crippen LogP contribution in [-0.4, -0.2) is 17.3 Å². The van der Waals surface area contributed by atoms with E-state index >= 15 is 0 Å². The molecular weight excluding hydrogens is 171 g/mol. The van der Waals surface area contributed by atoms with Crippen molar-refractivity contribution < 1.29 is 9.13 Å². The highest BCUT2D eigenvalue weighted by Gasteiger charge is 2.16. The van der Waals surface area contributed by atoms with Crippen LogP contribution in [0.25, 0.3) is 0 Å². The van der Waals surface area contributed by atoms with E-state index in [-0.39, 0.29) is 6.61 Å². The van der Waals surface area contributed by atoms with Gasteiger partial charge in [-0.2, -0.15) is 0 Å². The standard InChI is InChI=1S/C9H13FN2O/c1-9(2,10)6-13-8-4-3-7(11)5-12-8/h3-5H,6,11H2,1-2H3. The van der Waals surface area contributed by atoms with E-state index in [9.17, 15) is 4.39 Å². The van der Waals surface area contributed by atoms with Crippen molar-refractivity contribution in [1.82, 2.24) is 4.98 Å². The molecule has 0 unspecified atom stereocenters. The molecule has 72 valence electrons. The Kier molecular flexibility index (Phi) is 2.70. The van der Waals surface area contributed by atoms with Crippen molar-refractivity contribution in [2.45, 2.75) is 19.5 Å². The van der Waals surface area contributed by atoms with Gasteiger partial charge >= 0.3 is 0 Å². The molecule has 1 aromatic rings. The third-order valence-corrected chi connectivity index (χ3v) is 1.32. The van der Waals surface area contributed by atoms with Crippen molar-refractivity contribution in [3.8, 4) is 5.88 Å². The van der Waals surface area contributed by atoms with Crippen LogP contribution in [0.4, 0.5) is 10.1 Å². The lowest BCUT2D eigenvalue weighted by molar-refractivity contribution is 0.117. The van der Waals surface area contributed by atoms with E-state index in [1.54, 1.807) is 12.1 Å². The Bertz CT molecular complexity index is 266. The van der Waals surface area contributed by atoms with Crippen LogP contribution in [0.1, 0.15) is 13.8 Å². The molecule has 0 radical (unpaired) electrons. The van der Waals surface area contributed by atoms with E-state index in [1.165, 1.54) is 20.0 Å². The fraction of sp³-hybridized carbons (Fsp3) is 0.444. The van der Waals surface area contributed by atoms with E-state index < -0.39 is 5.67 Å². The number of nitrogen functional groups attached to an aromatic ring is 1. The molecule has 0 fully saturated rings. The molecule has 0 amide bonds.